The van der Waals surface area contributed by atoms with Crippen LogP contribution in [0.25, 0.3) is 0 Å². The van der Waals surface area contributed by atoms with E-state index in [2.05, 4.69) is 6.92 Å². The Morgan fingerprint density at radius 1 is 0.667 bits per heavy atom. The van der Waals surface area contributed by atoms with Crippen molar-refractivity contribution in [2.75, 3.05) is 65.8 Å². The SMILES string of the molecule is CC(CN)CCCN.NCCOCCOCCOCCN. The van der Waals surface area contributed by atoms with Crippen molar-refractivity contribution in [3.63, 3.8) is 0 Å². The molecule has 0 amide bonds. The fraction of sp³-hybridized carbons (Fsp3) is 1.00. The van der Waals surface area contributed by atoms with E-state index in [0.717, 1.165) is 19.5 Å². The molecule has 0 bridgehead atoms. The minimum Gasteiger partial charge on any atom is -0.378 e. The lowest BCUT2D eigenvalue weighted by atomic mass is 10.1. The van der Waals surface area contributed by atoms with Crippen molar-refractivity contribution in [3.05, 3.63) is 0 Å². The molecule has 0 saturated heterocycles. The van der Waals surface area contributed by atoms with Gasteiger partial charge in [0.1, 0.15) is 0 Å². The molecule has 0 aromatic heterocycles. The molecule has 1 atom stereocenters. The monoisotopic (exact) mass is 308 g/mol. The molecule has 0 heterocycles. The molecule has 7 nitrogen and oxygen atoms in total. The minimum atomic E-state index is 0.555. The zero-order valence-electron chi connectivity index (χ0n) is 13.6. The molecule has 0 aromatic carbocycles. The lowest BCUT2D eigenvalue weighted by molar-refractivity contribution is 0.0175. The summed E-state index contributed by atoms with van der Waals surface area (Å²) >= 11 is 0. The van der Waals surface area contributed by atoms with Crippen LogP contribution in [0.5, 0.6) is 0 Å². The molecule has 0 radical (unpaired) electrons. The highest BCUT2D eigenvalue weighted by molar-refractivity contribution is 4.52. The second-order valence-corrected chi connectivity index (χ2v) is 4.69. The van der Waals surface area contributed by atoms with Gasteiger partial charge >= 0.3 is 0 Å². The maximum atomic E-state index is 5.37. The first kappa shape index (κ1) is 23.0. The summed E-state index contributed by atoms with van der Waals surface area (Å²) in [4.78, 5) is 0. The largest absolute Gasteiger partial charge is 0.378 e. The van der Waals surface area contributed by atoms with Gasteiger partial charge in [0.25, 0.3) is 0 Å². The molecule has 0 rings (SSSR count). The van der Waals surface area contributed by atoms with E-state index in [1.165, 1.54) is 6.42 Å². The van der Waals surface area contributed by atoms with Gasteiger partial charge in [0.05, 0.1) is 39.6 Å². The molecular weight excluding hydrogens is 272 g/mol. The van der Waals surface area contributed by atoms with Gasteiger partial charge in [-0.05, 0) is 31.8 Å². The number of hydrogen-bond acceptors (Lipinski definition) is 7. The first-order chi connectivity index (χ1) is 10.2. The van der Waals surface area contributed by atoms with Crippen LogP contribution < -0.4 is 22.9 Å². The summed E-state index contributed by atoms with van der Waals surface area (Å²) in [5, 5.41) is 0. The van der Waals surface area contributed by atoms with Crippen LogP contribution in [0.4, 0.5) is 0 Å². The van der Waals surface area contributed by atoms with Crippen LogP contribution >= 0.6 is 0 Å². The zero-order chi connectivity index (χ0) is 16.2. The van der Waals surface area contributed by atoms with Crippen molar-refractivity contribution in [1.29, 1.82) is 0 Å². The maximum Gasteiger partial charge on any atom is 0.0701 e. The van der Waals surface area contributed by atoms with Crippen LogP contribution in [0, 0.1) is 5.92 Å². The van der Waals surface area contributed by atoms with Gasteiger partial charge in [0.2, 0.25) is 0 Å². The van der Waals surface area contributed by atoms with Gasteiger partial charge in [-0.15, -0.1) is 0 Å². The number of rotatable bonds is 14. The van der Waals surface area contributed by atoms with Gasteiger partial charge < -0.3 is 37.1 Å². The first-order valence-corrected chi connectivity index (χ1v) is 7.76. The third-order valence-electron chi connectivity index (χ3n) is 2.57. The van der Waals surface area contributed by atoms with Gasteiger partial charge in [-0.2, -0.15) is 0 Å². The van der Waals surface area contributed by atoms with E-state index in [9.17, 15) is 0 Å². The van der Waals surface area contributed by atoms with E-state index in [-0.39, 0.29) is 0 Å². The Morgan fingerprint density at radius 3 is 1.43 bits per heavy atom. The summed E-state index contributed by atoms with van der Waals surface area (Å²) in [6, 6.07) is 0. The van der Waals surface area contributed by atoms with Crippen molar-refractivity contribution in [3.8, 4) is 0 Å². The molecule has 0 aliphatic rings. The quantitative estimate of drug-likeness (QED) is 0.311. The van der Waals surface area contributed by atoms with Gasteiger partial charge in [-0.1, -0.05) is 6.92 Å². The lowest BCUT2D eigenvalue weighted by Crippen LogP contribution is -2.15. The smallest absolute Gasteiger partial charge is 0.0701 e. The molecule has 0 saturated carbocycles. The predicted molar refractivity (Wildman–Crippen MR) is 87.1 cm³/mol. The normalized spacial score (nSPS) is 11.9. The number of nitrogens with two attached hydrogens (primary N) is 4. The van der Waals surface area contributed by atoms with E-state index in [0.29, 0.717) is 58.6 Å². The van der Waals surface area contributed by atoms with Crippen LogP contribution in [-0.2, 0) is 14.2 Å². The van der Waals surface area contributed by atoms with Crippen LogP contribution in [0.2, 0.25) is 0 Å². The summed E-state index contributed by atoms with van der Waals surface area (Å²) in [5.41, 5.74) is 21.1. The second kappa shape index (κ2) is 22.0. The lowest BCUT2D eigenvalue weighted by Gasteiger charge is -2.05. The van der Waals surface area contributed by atoms with Gasteiger partial charge in [-0.3, -0.25) is 0 Å². The van der Waals surface area contributed by atoms with Crippen molar-refractivity contribution in [2.24, 2.45) is 28.9 Å². The third kappa shape index (κ3) is 25.1. The van der Waals surface area contributed by atoms with Gasteiger partial charge in [0, 0.05) is 13.1 Å². The summed E-state index contributed by atoms with van der Waals surface area (Å²) in [5.74, 6) is 0.651. The molecule has 7 heteroatoms. The van der Waals surface area contributed by atoms with Crippen molar-refractivity contribution >= 4 is 0 Å². The fourth-order valence-electron chi connectivity index (χ4n) is 1.29. The molecule has 1 unspecified atom stereocenters. The number of hydrogen-bond donors (Lipinski definition) is 4. The first-order valence-electron chi connectivity index (χ1n) is 7.76. The Bertz CT molecular complexity index is 166. The highest BCUT2D eigenvalue weighted by Crippen LogP contribution is 2.00. The van der Waals surface area contributed by atoms with E-state index in [4.69, 9.17) is 37.1 Å². The second-order valence-electron chi connectivity index (χ2n) is 4.69. The van der Waals surface area contributed by atoms with E-state index >= 15 is 0 Å². The fourth-order valence-corrected chi connectivity index (χ4v) is 1.29. The molecular formula is C14H36N4O3. The highest BCUT2D eigenvalue weighted by atomic mass is 16.5. The average molecular weight is 308 g/mol. The molecule has 0 aliphatic carbocycles. The molecule has 8 N–H and O–H groups in total. The summed E-state index contributed by atoms with van der Waals surface area (Å²) in [7, 11) is 0. The minimum absolute atomic E-state index is 0.555. The van der Waals surface area contributed by atoms with Crippen molar-refractivity contribution in [1.82, 2.24) is 0 Å². The highest BCUT2D eigenvalue weighted by Gasteiger charge is 1.95. The van der Waals surface area contributed by atoms with Crippen LogP contribution in [0.15, 0.2) is 0 Å². The van der Waals surface area contributed by atoms with Crippen LogP contribution in [0.1, 0.15) is 19.8 Å². The topological polar surface area (TPSA) is 132 Å². The Morgan fingerprint density at radius 2 is 1.10 bits per heavy atom. The predicted octanol–water partition coefficient (Wildman–Crippen LogP) is -0.726. The van der Waals surface area contributed by atoms with Gasteiger partial charge in [0.15, 0.2) is 0 Å². The van der Waals surface area contributed by atoms with Crippen molar-refractivity contribution < 1.29 is 14.2 Å². The molecule has 21 heavy (non-hydrogen) atoms. The Labute approximate surface area is 129 Å². The summed E-state index contributed by atoms with van der Waals surface area (Å²) < 4.78 is 15.4. The van der Waals surface area contributed by atoms with Crippen LogP contribution in [-0.4, -0.2) is 65.8 Å². The van der Waals surface area contributed by atoms with Crippen molar-refractivity contribution in [2.45, 2.75) is 19.8 Å². The van der Waals surface area contributed by atoms with E-state index < -0.39 is 0 Å². The van der Waals surface area contributed by atoms with Gasteiger partial charge in [-0.25, -0.2) is 0 Å². The molecule has 0 aromatic rings. The Balaban J connectivity index is 0. The standard InChI is InChI=1S/C8H20N2O3.C6H16N2/c9-1-3-11-5-7-13-8-6-12-4-2-10;1-6(5-8)3-2-4-7/h1-10H2;6H,2-5,7-8H2,1H3. The Kier molecular flexibility index (Phi) is 24.1. The maximum absolute atomic E-state index is 5.37. The van der Waals surface area contributed by atoms with E-state index in [1.807, 2.05) is 0 Å². The Hall–Kier alpha value is -0.280. The van der Waals surface area contributed by atoms with Crippen LogP contribution in [0.3, 0.4) is 0 Å². The summed E-state index contributed by atoms with van der Waals surface area (Å²) in [6.07, 6.45) is 2.28. The number of ether oxygens (including phenoxy) is 3. The molecule has 0 fully saturated rings. The molecule has 0 spiro atoms. The third-order valence-corrected chi connectivity index (χ3v) is 2.57. The summed E-state index contributed by atoms with van der Waals surface area (Å²) in [6.45, 7) is 8.39. The molecule has 0 aliphatic heterocycles. The zero-order valence-corrected chi connectivity index (χ0v) is 13.6. The molecule has 130 valence electrons. The van der Waals surface area contributed by atoms with E-state index in [1.54, 1.807) is 0 Å². The average Bonchev–Trinajstić information content (AvgIpc) is 2.51.